The molecule has 0 fully saturated rings. The van der Waals surface area contributed by atoms with E-state index in [-0.39, 0.29) is 11.7 Å². The largest absolute Gasteiger partial charge is 0.492 e. The first-order chi connectivity index (χ1) is 12.0. The van der Waals surface area contributed by atoms with Crippen molar-refractivity contribution in [3.05, 3.63) is 59.4 Å². The van der Waals surface area contributed by atoms with Crippen LogP contribution in [-0.2, 0) is 4.79 Å². The molecule has 2 rings (SSSR count). The van der Waals surface area contributed by atoms with Gasteiger partial charge in [-0.2, -0.15) is 0 Å². The lowest BCUT2D eigenvalue weighted by atomic mass is 10.1. The molecule has 0 unspecified atom stereocenters. The molecule has 1 N–H and O–H groups in total. The van der Waals surface area contributed by atoms with Crippen molar-refractivity contribution in [2.24, 2.45) is 0 Å². The van der Waals surface area contributed by atoms with Crippen molar-refractivity contribution in [2.45, 2.75) is 33.3 Å². The zero-order valence-corrected chi connectivity index (χ0v) is 14.8. The van der Waals surface area contributed by atoms with E-state index in [0.717, 1.165) is 5.56 Å². The van der Waals surface area contributed by atoms with Crippen molar-refractivity contribution in [1.82, 2.24) is 5.32 Å². The van der Waals surface area contributed by atoms with Crippen LogP contribution in [0.3, 0.4) is 0 Å². The van der Waals surface area contributed by atoms with Gasteiger partial charge in [0.2, 0.25) is 0 Å². The highest BCUT2D eigenvalue weighted by Crippen LogP contribution is 2.18. The molecule has 5 heteroatoms. The summed E-state index contributed by atoms with van der Waals surface area (Å²) < 4.78 is 24.1. The van der Waals surface area contributed by atoms with Crippen molar-refractivity contribution < 1.29 is 18.7 Å². The first-order valence-corrected chi connectivity index (χ1v) is 8.39. The Morgan fingerprint density at radius 2 is 1.76 bits per heavy atom. The van der Waals surface area contributed by atoms with Gasteiger partial charge in [-0.05, 0) is 67.8 Å². The second-order valence-corrected chi connectivity index (χ2v) is 5.85. The van der Waals surface area contributed by atoms with E-state index in [1.807, 2.05) is 39.0 Å². The van der Waals surface area contributed by atoms with Gasteiger partial charge in [-0.15, -0.1) is 0 Å². The molecule has 0 aliphatic rings. The number of aryl methyl sites for hydroxylation is 2. The minimum absolute atomic E-state index is 0.177. The number of benzene rings is 2. The first-order valence-electron chi connectivity index (χ1n) is 8.39. The van der Waals surface area contributed by atoms with E-state index >= 15 is 0 Å². The lowest BCUT2D eigenvalue weighted by molar-refractivity contribution is -0.128. The summed E-state index contributed by atoms with van der Waals surface area (Å²) in [6.07, 6.45) is 0.0188. The Balaban J connectivity index is 1.79. The number of hydrogen-bond acceptors (Lipinski definition) is 3. The highest BCUT2D eigenvalue weighted by Gasteiger charge is 2.18. The normalized spacial score (nSPS) is 11.7. The van der Waals surface area contributed by atoms with Crippen LogP contribution in [0.1, 0.15) is 24.5 Å². The number of carbonyl (C=O) groups excluding carboxylic acids is 1. The Hall–Kier alpha value is -2.56. The van der Waals surface area contributed by atoms with Gasteiger partial charge in [0, 0.05) is 0 Å². The standard InChI is InChI=1S/C20H24FNO3/c1-4-19(25-18-8-5-14(2)15(3)13-18)20(23)22-11-12-24-17-9-6-16(21)7-10-17/h5-10,13,19H,4,11-12H2,1-3H3,(H,22,23)/t19-/m0/s1. The summed E-state index contributed by atoms with van der Waals surface area (Å²) in [5.41, 5.74) is 2.31. The monoisotopic (exact) mass is 345 g/mol. The van der Waals surface area contributed by atoms with Crippen LogP contribution in [0.4, 0.5) is 4.39 Å². The fourth-order valence-corrected chi connectivity index (χ4v) is 2.26. The van der Waals surface area contributed by atoms with Gasteiger partial charge in [-0.25, -0.2) is 4.39 Å². The highest BCUT2D eigenvalue weighted by molar-refractivity contribution is 5.81. The van der Waals surface area contributed by atoms with Gasteiger partial charge in [0.1, 0.15) is 23.9 Å². The number of nitrogens with one attached hydrogen (secondary N) is 1. The molecule has 1 amide bonds. The minimum Gasteiger partial charge on any atom is -0.492 e. The molecule has 0 radical (unpaired) electrons. The second kappa shape index (κ2) is 9.06. The van der Waals surface area contributed by atoms with Crippen molar-refractivity contribution in [3.8, 4) is 11.5 Å². The molecule has 0 saturated carbocycles. The van der Waals surface area contributed by atoms with Crippen LogP contribution < -0.4 is 14.8 Å². The molecule has 4 nitrogen and oxygen atoms in total. The molecule has 0 bridgehead atoms. The Morgan fingerprint density at radius 3 is 2.40 bits per heavy atom. The maximum absolute atomic E-state index is 12.8. The van der Waals surface area contributed by atoms with E-state index in [4.69, 9.17) is 9.47 Å². The third kappa shape index (κ3) is 5.78. The van der Waals surface area contributed by atoms with E-state index in [0.29, 0.717) is 31.1 Å². The van der Waals surface area contributed by atoms with Gasteiger partial charge >= 0.3 is 0 Å². The molecule has 25 heavy (non-hydrogen) atoms. The molecule has 0 heterocycles. The molecule has 2 aromatic rings. The summed E-state index contributed by atoms with van der Waals surface area (Å²) in [6.45, 7) is 6.60. The smallest absolute Gasteiger partial charge is 0.261 e. The van der Waals surface area contributed by atoms with Gasteiger partial charge in [0.05, 0.1) is 6.54 Å². The van der Waals surface area contributed by atoms with Gasteiger partial charge in [0.15, 0.2) is 6.10 Å². The molecule has 2 aromatic carbocycles. The molecule has 0 aliphatic heterocycles. The molecule has 0 spiro atoms. The Morgan fingerprint density at radius 1 is 1.08 bits per heavy atom. The van der Waals surface area contributed by atoms with Crippen LogP contribution in [0.15, 0.2) is 42.5 Å². The zero-order chi connectivity index (χ0) is 18.2. The third-order valence-electron chi connectivity index (χ3n) is 3.90. The lowest BCUT2D eigenvalue weighted by Crippen LogP contribution is -2.39. The fourth-order valence-electron chi connectivity index (χ4n) is 2.26. The average Bonchev–Trinajstić information content (AvgIpc) is 2.61. The molecule has 134 valence electrons. The van der Waals surface area contributed by atoms with Gasteiger partial charge < -0.3 is 14.8 Å². The number of carbonyl (C=O) groups is 1. The van der Waals surface area contributed by atoms with E-state index in [1.165, 1.54) is 17.7 Å². The van der Waals surface area contributed by atoms with E-state index in [9.17, 15) is 9.18 Å². The van der Waals surface area contributed by atoms with Gasteiger partial charge in [-0.3, -0.25) is 4.79 Å². The molecular formula is C20H24FNO3. The Bertz CT molecular complexity index is 701. The highest BCUT2D eigenvalue weighted by atomic mass is 19.1. The summed E-state index contributed by atoms with van der Waals surface area (Å²) in [5, 5.41) is 2.80. The second-order valence-electron chi connectivity index (χ2n) is 5.85. The number of halogens is 1. The minimum atomic E-state index is -0.548. The molecule has 0 aliphatic carbocycles. The van der Waals surface area contributed by atoms with Crippen LogP contribution in [0.5, 0.6) is 11.5 Å². The first kappa shape index (κ1) is 18.8. The van der Waals surface area contributed by atoms with E-state index in [2.05, 4.69) is 5.32 Å². The summed E-state index contributed by atoms with van der Waals surface area (Å²) in [4.78, 5) is 12.2. The molecule has 1 atom stereocenters. The van der Waals surface area contributed by atoms with Crippen molar-refractivity contribution in [3.63, 3.8) is 0 Å². The zero-order valence-electron chi connectivity index (χ0n) is 14.8. The number of ether oxygens (including phenoxy) is 2. The van der Waals surface area contributed by atoms with Crippen LogP contribution in [0, 0.1) is 19.7 Å². The summed E-state index contributed by atoms with van der Waals surface area (Å²) >= 11 is 0. The third-order valence-corrected chi connectivity index (χ3v) is 3.90. The maximum Gasteiger partial charge on any atom is 0.261 e. The van der Waals surface area contributed by atoms with E-state index < -0.39 is 6.10 Å². The number of rotatable bonds is 8. The summed E-state index contributed by atoms with van der Waals surface area (Å²) in [6, 6.07) is 11.5. The van der Waals surface area contributed by atoms with E-state index in [1.54, 1.807) is 12.1 Å². The van der Waals surface area contributed by atoms with Crippen molar-refractivity contribution in [2.75, 3.05) is 13.2 Å². The fraction of sp³-hybridized carbons (Fsp3) is 0.350. The topological polar surface area (TPSA) is 47.6 Å². The Labute approximate surface area is 148 Å². The number of amides is 1. The predicted molar refractivity (Wildman–Crippen MR) is 95.5 cm³/mol. The molecule has 0 saturated heterocycles. The summed E-state index contributed by atoms with van der Waals surface area (Å²) in [7, 11) is 0. The van der Waals surface area contributed by atoms with Crippen LogP contribution >= 0.6 is 0 Å². The summed E-state index contributed by atoms with van der Waals surface area (Å²) in [5.74, 6) is 0.764. The Kier molecular flexibility index (Phi) is 6.81. The van der Waals surface area contributed by atoms with Crippen LogP contribution in [0.25, 0.3) is 0 Å². The molecule has 0 aromatic heterocycles. The lowest BCUT2D eigenvalue weighted by Gasteiger charge is -2.18. The predicted octanol–water partition coefficient (Wildman–Crippen LogP) is 3.80. The maximum atomic E-state index is 12.8. The van der Waals surface area contributed by atoms with Crippen LogP contribution in [-0.4, -0.2) is 25.2 Å². The van der Waals surface area contributed by atoms with Gasteiger partial charge in [-0.1, -0.05) is 13.0 Å². The average molecular weight is 345 g/mol. The SMILES string of the molecule is CC[C@H](Oc1ccc(C)c(C)c1)C(=O)NCCOc1ccc(F)cc1. The van der Waals surface area contributed by atoms with Gasteiger partial charge in [0.25, 0.3) is 5.91 Å². The molecular weight excluding hydrogens is 321 g/mol. The van der Waals surface area contributed by atoms with Crippen molar-refractivity contribution >= 4 is 5.91 Å². The number of hydrogen-bond donors (Lipinski definition) is 1. The van der Waals surface area contributed by atoms with Crippen molar-refractivity contribution in [1.29, 1.82) is 0 Å². The van der Waals surface area contributed by atoms with Crippen LogP contribution in [0.2, 0.25) is 0 Å². The quantitative estimate of drug-likeness (QED) is 0.741.